The SMILES string of the molecule is CC1CN(S(=O)(=O)c2ccc([N+](=O)[O-])cc2)C(C)CN1. The van der Waals surface area contributed by atoms with Gasteiger partial charge in [-0.25, -0.2) is 8.42 Å². The molecule has 0 aromatic heterocycles. The number of sulfonamides is 1. The van der Waals surface area contributed by atoms with E-state index in [1.807, 2.05) is 13.8 Å². The van der Waals surface area contributed by atoms with Crippen molar-refractivity contribution in [1.82, 2.24) is 9.62 Å². The number of benzene rings is 1. The van der Waals surface area contributed by atoms with Crippen LogP contribution in [0.3, 0.4) is 0 Å². The molecule has 20 heavy (non-hydrogen) atoms. The summed E-state index contributed by atoms with van der Waals surface area (Å²) < 4.78 is 26.5. The van der Waals surface area contributed by atoms with E-state index in [9.17, 15) is 18.5 Å². The molecule has 0 bridgehead atoms. The molecular weight excluding hydrogens is 282 g/mol. The van der Waals surface area contributed by atoms with Crippen LogP contribution in [0.4, 0.5) is 5.69 Å². The summed E-state index contributed by atoms with van der Waals surface area (Å²) in [5.74, 6) is 0. The highest BCUT2D eigenvalue weighted by Crippen LogP contribution is 2.22. The predicted molar refractivity (Wildman–Crippen MR) is 73.9 cm³/mol. The summed E-state index contributed by atoms with van der Waals surface area (Å²) in [5, 5.41) is 13.8. The fraction of sp³-hybridized carbons (Fsp3) is 0.500. The maximum Gasteiger partial charge on any atom is 0.269 e. The van der Waals surface area contributed by atoms with Gasteiger partial charge in [-0.05, 0) is 26.0 Å². The van der Waals surface area contributed by atoms with Crippen LogP contribution in [0.5, 0.6) is 0 Å². The van der Waals surface area contributed by atoms with Crippen molar-refractivity contribution in [2.75, 3.05) is 13.1 Å². The number of nitrogens with zero attached hydrogens (tertiary/aromatic N) is 2. The average molecular weight is 299 g/mol. The third-order valence-electron chi connectivity index (χ3n) is 3.36. The molecule has 1 N–H and O–H groups in total. The van der Waals surface area contributed by atoms with Crippen LogP contribution in [0.2, 0.25) is 0 Å². The van der Waals surface area contributed by atoms with Crippen molar-refractivity contribution in [3.63, 3.8) is 0 Å². The monoisotopic (exact) mass is 299 g/mol. The van der Waals surface area contributed by atoms with Crippen molar-refractivity contribution in [2.45, 2.75) is 30.8 Å². The van der Waals surface area contributed by atoms with Crippen LogP contribution < -0.4 is 5.32 Å². The fourth-order valence-corrected chi connectivity index (χ4v) is 3.92. The summed E-state index contributed by atoms with van der Waals surface area (Å²) >= 11 is 0. The number of nitrogens with one attached hydrogen (secondary N) is 1. The first-order valence-electron chi connectivity index (χ1n) is 6.32. The van der Waals surface area contributed by atoms with E-state index in [0.29, 0.717) is 13.1 Å². The van der Waals surface area contributed by atoms with E-state index in [0.717, 1.165) is 0 Å². The predicted octanol–water partition coefficient (Wildman–Crippen LogP) is 0.966. The van der Waals surface area contributed by atoms with Gasteiger partial charge in [-0.3, -0.25) is 10.1 Å². The molecule has 1 fully saturated rings. The molecule has 1 aromatic carbocycles. The van der Waals surface area contributed by atoms with E-state index >= 15 is 0 Å². The third kappa shape index (κ3) is 2.82. The largest absolute Gasteiger partial charge is 0.311 e. The molecule has 110 valence electrons. The van der Waals surface area contributed by atoms with E-state index in [-0.39, 0.29) is 22.7 Å². The molecule has 2 unspecified atom stereocenters. The van der Waals surface area contributed by atoms with Gasteiger partial charge < -0.3 is 5.32 Å². The van der Waals surface area contributed by atoms with Gasteiger partial charge in [0, 0.05) is 37.3 Å². The Morgan fingerprint density at radius 2 is 1.90 bits per heavy atom. The third-order valence-corrected chi connectivity index (χ3v) is 5.36. The molecule has 0 amide bonds. The zero-order chi connectivity index (χ0) is 14.9. The van der Waals surface area contributed by atoms with E-state index in [2.05, 4.69) is 5.32 Å². The van der Waals surface area contributed by atoms with E-state index in [1.54, 1.807) is 0 Å². The quantitative estimate of drug-likeness (QED) is 0.663. The van der Waals surface area contributed by atoms with Crippen molar-refractivity contribution < 1.29 is 13.3 Å². The molecule has 1 aliphatic heterocycles. The molecule has 7 nitrogen and oxygen atoms in total. The normalized spacial score (nSPS) is 24.5. The van der Waals surface area contributed by atoms with Crippen molar-refractivity contribution in [3.05, 3.63) is 34.4 Å². The second kappa shape index (κ2) is 5.47. The van der Waals surface area contributed by atoms with Crippen LogP contribution >= 0.6 is 0 Å². The van der Waals surface area contributed by atoms with Gasteiger partial charge in [-0.2, -0.15) is 4.31 Å². The summed E-state index contributed by atoms with van der Waals surface area (Å²) in [4.78, 5) is 10.1. The second-order valence-corrected chi connectivity index (χ2v) is 6.87. The van der Waals surface area contributed by atoms with E-state index < -0.39 is 14.9 Å². The highest BCUT2D eigenvalue weighted by molar-refractivity contribution is 7.89. The molecule has 0 spiro atoms. The molecule has 1 aliphatic rings. The Hall–Kier alpha value is -1.51. The second-order valence-electron chi connectivity index (χ2n) is 4.98. The number of piperazine rings is 1. The smallest absolute Gasteiger partial charge is 0.269 e. The van der Waals surface area contributed by atoms with Gasteiger partial charge >= 0.3 is 0 Å². The fourth-order valence-electron chi connectivity index (χ4n) is 2.20. The first kappa shape index (κ1) is 14.9. The number of non-ortho nitro benzene ring substituents is 1. The van der Waals surface area contributed by atoms with Gasteiger partial charge in [-0.15, -0.1) is 0 Å². The van der Waals surface area contributed by atoms with Gasteiger partial charge in [0.05, 0.1) is 9.82 Å². The lowest BCUT2D eigenvalue weighted by Crippen LogP contribution is -2.56. The van der Waals surface area contributed by atoms with Crippen LogP contribution in [0, 0.1) is 10.1 Å². The van der Waals surface area contributed by atoms with Crippen molar-refractivity contribution in [1.29, 1.82) is 0 Å². The van der Waals surface area contributed by atoms with Gasteiger partial charge in [0.15, 0.2) is 0 Å². The summed E-state index contributed by atoms with van der Waals surface area (Å²) in [6.45, 7) is 4.74. The first-order valence-corrected chi connectivity index (χ1v) is 7.76. The van der Waals surface area contributed by atoms with E-state index in [1.165, 1.54) is 28.6 Å². The highest BCUT2D eigenvalue weighted by Gasteiger charge is 2.33. The van der Waals surface area contributed by atoms with Crippen LogP contribution in [0.15, 0.2) is 29.2 Å². The molecule has 2 atom stereocenters. The minimum absolute atomic E-state index is 0.0824. The average Bonchev–Trinajstić information content (AvgIpc) is 2.41. The number of rotatable bonds is 3. The summed E-state index contributed by atoms with van der Waals surface area (Å²) in [6.07, 6.45) is 0. The lowest BCUT2D eigenvalue weighted by Gasteiger charge is -2.36. The lowest BCUT2D eigenvalue weighted by molar-refractivity contribution is -0.384. The van der Waals surface area contributed by atoms with Gasteiger partial charge in [-0.1, -0.05) is 0 Å². The van der Waals surface area contributed by atoms with Gasteiger partial charge in [0.2, 0.25) is 10.0 Å². The van der Waals surface area contributed by atoms with Crippen LogP contribution in [0.25, 0.3) is 0 Å². The zero-order valence-electron chi connectivity index (χ0n) is 11.3. The Morgan fingerprint density at radius 1 is 1.30 bits per heavy atom. The Balaban J connectivity index is 2.31. The number of nitro groups is 1. The molecule has 1 heterocycles. The number of nitro benzene ring substituents is 1. The van der Waals surface area contributed by atoms with Crippen LogP contribution in [-0.2, 0) is 10.0 Å². The molecule has 0 aliphatic carbocycles. The minimum Gasteiger partial charge on any atom is -0.311 e. The Kier molecular flexibility index (Phi) is 4.07. The van der Waals surface area contributed by atoms with Crippen molar-refractivity contribution >= 4 is 15.7 Å². The molecule has 1 aromatic rings. The molecule has 8 heteroatoms. The van der Waals surface area contributed by atoms with Crippen molar-refractivity contribution in [3.8, 4) is 0 Å². The van der Waals surface area contributed by atoms with Gasteiger partial charge in [0.25, 0.3) is 5.69 Å². The Bertz CT molecular complexity index is 600. The lowest BCUT2D eigenvalue weighted by atomic mass is 10.2. The molecule has 2 rings (SSSR count). The number of hydrogen-bond acceptors (Lipinski definition) is 5. The van der Waals surface area contributed by atoms with Crippen LogP contribution in [-0.4, -0.2) is 42.8 Å². The maximum absolute atomic E-state index is 12.6. The van der Waals surface area contributed by atoms with Crippen molar-refractivity contribution in [2.24, 2.45) is 0 Å². The van der Waals surface area contributed by atoms with Gasteiger partial charge in [0.1, 0.15) is 0 Å². The Morgan fingerprint density at radius 3 is 2.45 bits per heavy atom. The highest BCUT2D eigenvalue weighted by atomic mass is 32.2. The Labute approximate surface area is 117 Å². The summed E-state index contributed by atoms with van der Waals surface area (Å²) in [6, 6.07) is 4.93. The number of hydrogen-bond donors (Lipinski definition) is 1. The molecule has 1 saturated heterocycles. The molecular formula is C12H17N3O4S. The zero-order valence-corrected chi connectivity index (χ0v) is 12.1. The topological polar surface area (TPSA) is 92.5 Å². The first-order chi connectivity index (χ1) is 9.32. The van der Waals surface area contributed by atoms with E-state index in [4.69, 9.17) is 0 Å². The summed E-state index contributed by atoms with van der Waals surface area (Å²) in [7, 11) is -3.62. The standard InChI is InChI=1S/C12H17N3O4S/c1-9-8-14(10(2)7-13-9)20(18,19)12-5-3-11(4-6-12)15(16)17/h3-6,9-10,13H,7-8H2,1-2H3. The molecule has 0 radical (unpaired) electrons. The maximum atomic E-state index is 12.6. The summed E-state index contributed by atoms with van der Waals surface area (Å²) in [5.41, 5.74) is -0.120. The molecule has 0 saturated carbocycles. The van der Waals surface area contributed by atoms with Crippen LogP contribution in [0.1, 0.15) is 13.8 Å². The minimum atomic E-state index is -3.62.